The molecule has 0 atom stereocenters. The summed E-state index contributed by atoms with van der Waals surface area (Å²) in [5, 5.41) is 2.74. The number of hydrogen-bond donors (Lipinski definition) is 1. The molecule has 2 aliphatic rings. The van der Waals surface area contributed by atoms with Crippen LogP contribution in [0.25, 0.3) is 0 Å². The van der Waals surface area contributed by atoms with Crippen molar-refractivity contribution in [1.29, 1.82) is 0 Å². The van der Waals surface area contributed by atoms with Gasteiger partial charge in [-0.25, -0.2) is 4.79 Å². The summed E-state index contributed by atoms with van der Waals surface area (Å²) in [6, 6.07) is 0. The van der Waals surface area contributed by atoms with Crippen LogP contribution in [0.1, 0.15) is 20.8 Å². The number of hydrogen-bond acceptors (Lipinski definition) is 4. The van der Waals surface area contributed by atoms with Gasteiger partial charge in [0.2, 0.25) is 0 Å². The van der Waals surface area contributed by atoms with Crippen molar-refractivity contribution in [2.24, 2.45) is 4.99 Å². The first kappa shape index (κ1) is 14.7. The lowest BCUT2D eigenvalue weighted by atomic mass is 10.2. The zero-order valence-electron chi connectivity index (χ0n) is 11.9. The van der Waals surface area contributed by atoms with Gasteiger partial charge >= 0.3 is 6.09 Å². The molecule has 0 saturated carbocycles. The first-order valence-electron chi connectivity index (χ1n) is 6.38. The summed E-state index contributed by atoms with van der Waals surface area (Å²) in [7, 11) is 0. The minimum absolute atomic E-state index is 0.378. The maximum atomic E-state index is 12.4. The maximum Gasteiger partial charge on any atom is 0.411 e. The van der Waals surface area contributed by atoms with Crippen LogP contribution in [0.5, 0.6) is 0 Å². The van der Waals surface area contributed by atoms with Crippen molar-refractivity contribution in [3.05, 3.63) is 40.4 Å². The Morgan fingerprint density at radius 3 is 2.85 bits per heavy atom. The molecule has 0 aromatic carbocycles. The van der Waals surface area contributed by atoms with Crippen LogP contribution in [0, 0.1) is 6.42 Å². The lowest BCUT2D eigenvalue weighted by Gasteiger charge is -2.29. The van der Waals surface area contributed by atoms with Gasteiger partial charge in [0.1, 0.15) is 12.1 Å². The second-order valence-corrected chi connectivity index (χ2v) is 6.20. The Hall–Kier alpha value is -1.66. The molecule has 0 unspecified atom stereocenters. The molecule has 0 aromatic rings. The second-order valence-electron chi connectivity index (χ2n) is 5.34. The molecular formula is C14H19N3O2S. The van der Waals surface area contributed by atoms with E-state index in [4.69, 9.17) is 4.74 Å². The van der Waals surface area contributed by atoms with Crippen molar-refractivity contribution in [3.63, 3.8) is 0 Å². The highest BCUT2D eigenvalue weighted by Gasteiger charge is 2.30. The summed E-state index contributed by atoms with van der Waals surface area (Å²) in [6.07, 6.45) is 6.83. The third kappa shape index (κ3) is 3.26. The zero-order chi connectivity index (χ0) is 14.8. The van der Waals surface area contributed by atoms with Crippen molar-refractivity contribution in [1.82, 2.24) is 4.90 Å². The molecule has 1 amide bonds. The molecule has 0 aromatic heterocycles. The van der Waals surface area contributed by atoms with Gasteiger partial charge in [0.25, 0.3) is 0 Å². The number of thioether (sulfide) groups is 1. The normalized spacial score (nSPS) is 21.8. The SMILES string of the molecule is CC(C)(C)OC(=O)N1C(C[NH3+])=CSC1=C1C=NC=C[CH-]1. The predicted octanol–water partition coefficient (Wildman–Crippen LogP) is 2.07. The van der Waals surface area contributed by atoms with E-state index in [2.05, 4.69) is 10.7 Å². The Bertz CT molecular complexity index is 527. The topological polar surface area (TPSA) is 69.5 Å². The molecule has 2 rings (SSSR count). The van der Waals surface area contributed by atoms with Gasteiger partial charge in [-0.15, -0.1) is 29.8 Å². The summed E-state index contributed by atoms with van der Waals surface area (Å²) in [6.45, 7) is 6.08. The summed E-state index contributed by atoms with van der Waals surface area (Å²) in [5.41, 5.74) is 5.06. The zero-order valence-corrected chi connectivity index (χ0v) is 12.7. The van der Waals surface area contributed by atoms with Crippen LogP contribution in [-0.2, 0) is 4.74 Å². The average molecular weight is 293 g/mol. The van der Waals surface area contributed by atoms with E-state index in [1.807, 2.05) is 38.7 Å². The molecule has 5 nitrogen and oxygen atoms in total. The van der Waals surface area contributed by atoms with Crippen LogP contribution < -0.4 is 5.73 Å². The number of amides is 1. The molecule has 108 valence electrons. The van der Waals surface area contributed by atoms with Crippen LogP contribution in [-0.4, -0.2) is 29.4 Å². The third-order valence-electron chi connectivity index (χ3n) is 2.54. The molecule has 0 spiro atoms. The highest BCUT2D eigenvalue weighted by atomic mass is 32.2. The fourth-order valence-electron chi connectivity index (χ4n) is 1.72. The minimum Gasteiger partial charge on any atom is -0.444 e. The third-order valence-corrected chi connectivity index (χ3v) is 3.57. The fraction of sp³-hybridized carbons (Fsp3) is 0.357. The molecule has 2 heterocycles. The van der Waals surface area contributed by atoms with Crippen molar-refractivity contribution >= 4 is 24.1 Å². The van der Waals surface area contributed by atoms with Gasteiger partial charge in [0, 0.05) is 5.03 Å². The Labute approximate surface area is 123 Å². The highest BCUT2D eigenvalue weighted by molar-refractivity contribution is 8.06. The van der Waals surface area contributed by atoms with E-state index >= 15 is 0 Å². The van der Waals surface area contributed by atoms with Gasteiger partial charge < -0.3 is 15.5 Å². The van der Waals surface area contributed by atoms with E-state index in [1.165, 1.54) is 11.8 Å². The molecule has 0 fully saturated rings. The van der Waals surface area contributed by atoms with Gasteiger partial charge in [0.15, 0.2) is 0 Å². The summed E-state index contributed by atoms with van der Waals surface area (Å²) < 4.78 is 5.47. The molecule has 0 radical (unpaired) electrons. The number of aliphatic imine (C=N–C) groups is 1. The number of quaternary nitrogens is 1. The van der Waals surface area contributed by atoms with E-state index < -0.39 is 5.60 Å². The van der Waals surface area contributed by atoms with E-state index in [-0.39, 0.29) is 6.09 Å². The van der Waals surface area contributed by atoms with Gasteiger partial charge in [0.05, 0.1) is 5.70 Å². The van der Waals surface area contributed by atoms with Crippen LogP contribution >= 0.6 is 11.8 Å². The summed E-state index contributed by atoms with van der Waals surface area (Å²) in [4.78, 5) is 18.1. The first-order valence-corrected chi connectivity index (χ1v) is 7.26. The van der Waals surface area contributed by atoms with Crippen LogP contribution in [0.3, 0.4) is 0 Å². The van der Waals surface area contributed by atoms with Crippen molar-refractivity contribution in [3.8, 4) is 0 Å². The first-order chi connectivity index (χ1) is 9.42. The van der Waals surface area contributed by atoms with Crippen LogP contribution in [0.2, 0.25) is 0 Å². The maximum absolute atomic E-state index is 12.4. The molecule has 20 heavy (non-hydrogen) atoms. The molecule has 3 N–H and O–H groups in total. The molecule has 0 aliphatic carbocycles. The van der Waals surface area contributed by atoms with E-state index in [1.54, 1.807) is 17.3 Å². The number of carbonyl (C=O) groups excluding carboxylic acids is 1. The lowest BCUT2D eigenvalue weighted by molar-refractivity contribution is -0.358. The van der Waals surface area contributed by atoms with E-state index in [0.717, 1.165) is 16.3 Å². The number of nitrogens with zero attached hydrogens (tertiary/aromatic N) is 2. The summed E-state index contributed by atoms with van der Waals surface area (Å²) in [5.74, 6) is 0. The second kappa shape index (κ2) is 5.76. The molecular weight excluding hydrogens is 274 g/mol. The minimum atomic E-state index is -0.531. The Morgan fingerprint density at radius 1 is 1.55 bits per heavy atom. The number of rotatable bonds is 1. The van der Waals surface area contributed by atoms with Crippen molar-refractivity contribution < 1.29 is 15.3 Å². The standard InChI is InChI=1S/C14H18N3O2S/c1-14(2,3)19-13(18)17-11(7-15)9-20-12(17)10-5-4-6-16-8-10/h4-6,8-9H,7,15H2,1-3H3/q-1/p+1. The average Bonchev–Trinajstić information content (AvgIpc) is 2.81. The lowest BCUT2D eigenvalue weighted by Crippen LogP contribution is -2.53. The van der Waals surface area contributed by atoms with E-state index in [0.29, 0.717) is 6.54 Å². The number of carbonyl (C=O) groups is 1. The van der Waals surface area contributed by atoms with E-state index in [9.17, 15) is 4.79 Å². The van der Waals surface area contributed by atoms with Crippen molar-refractivity contribution in [2.75, 3.05) is 6.54 Å². The molecule has 0 bridgehead atoms. The van der Waals surface area contributed by atoms with Gasteiger partial charge in [-0.2, -0.15) is 0 Å². The smallest absolute Gasteiger partial charge is 0.411 e. The Morgan fingerprint density at radius 2 is 2.30 bits per heavy atom. The number of ether oxygens (including phenoxy) is 1. The summed E-state index contributed by atoms with van der Waals surface area (Å²) >= 11 is 1.49. The van der Waals surface area contributed by atoms with Gasteiger partial charge in [-0.3, -0.25) is 4.90 Å². The highest BCUT2D eigenvalue weighted by Crippen LogP contribution is 2.37. The van der Waals surface area contributed by atoms with Crippen molar-refractivity contribution in [2.45, 2.75) is 26.4 Å². The fourth-order valence-corrected chi connectivity index (χ4v) is 2.75. The number of allylic oxidation sites excluding steroid dienone is 2. The quantitative estimate of drug-likeness (QED) is 0.752. The monoisotopic (exact) mass is 293 g/mol. The van der Waals surface area contributed by atoms with Crippen LogP contribution in [0.15, 0.2) is 39.0 Å². The predicted molar refractivity (Wildman–Crippen MR) is 80.5 cm³/mol. The Kier molecular flexibility index (Phi) is 4.25. The van der Waals surface area contributed by atoms with Gasteiger partial charge in [-0.1, -0.05) is 12.4 Å². The molecule has 2 aliphatic heterocycles. The molecule has 0 saturated heterocycles. The van der Waals surface area contributed by atoms with Crippen LogP contribution in [0.4, 0.5) is 4.79 Å². The van der Waals surface area contributed by atoms with Gasteiger partial charge in [-0.05, 0) is 26.2 Å². The Balaban J connectivity index is 2.29. The molecule has 6 heteroatoms. The largest absolute Gasteiger partial charge is 0.444 e.